The van der Waals surface area contributed by atoms with Crippen molar-refractivity contribution in [1.29, 1.82) is 0 Å². The summed E-state index contributed by atoms with van der Waals surface area (Å²) in [5.74, 6) is -1.48. The van der Waals surface area contributed by atoms with Crippen molar-refractivity contribution in [1.82, 2.24) is 0 Å². The summed E-state index contributed by atoms with van der Waals surface area (Å²) in [4.78, 5) is 25.9. The maximum absolute atomic E-state index is 13.8. The molecule has 2 saturated heterocycles. The lowest BCUT2D eigenvalue weighted by atomic mass is 9.48. The molecular formula is C32H40O7. The normalized spacial score (nSPS) is 42.2. The van der Waals surface area contributed by atoms with E-state index >= 15 is 0 Å². The van der Waals surface area contributed by atoms with Crippen LogP contribution in [0.15, 0.2) is 53.6 Å². The van der Waals surface area contributed by atoms with Crippen molar-refractivity contribution in [2.75, 3.05) is 0 Å². The summed E-state index contributed by atoms with van der Waals surface area (Å²) < 4.78 is 33.2. The van der Waals surface area contributed by atoms with Gasteiger partial charge in [-0.25, -0.2) is 0 Å². The number of fused-ring (bicyclic) bond motifs is 6. The first-order chi connectivity index (χ1) is 18.2. The molecule has 4 fully saturated rings. The van der Waals surface area contributed by atoms with Crippen LogP contribution in [0, 0.1) is 16.7 Å². The van der Waals surface area contributed by atoms with E-state index in [4.69, 9.17) is 23.7 Å². The second kappa shape index (κ2) is 8.59. The molecule has 2 saturated carbocycles. The van der Waals surface area contributed by atoms with Gasteiger partial charge in [0.2, 0.25) is 0 Å². The van der Waals surface area contributed by atoms with Gasteiger partial charge in [-0.1, -0.05) is 57.7 Å². The van der Waals surface area contributed by atoms with E-state index in [9.17, 15) is 9.59 Å². The molecular weight excluding hydrogens is 496 g/mol. The van der Waals surface area contributed by atoms with Gasteiger partial charge in [-0.15, -0.1) is 0 Å². The smallest absolute Gasteiger partial charge is 0.303 e. The number of esters is 1. The minimum absolute atomic E-state index is 0.0280. The van der Waals surface area contributed by atoms with Crippen molar-refractivity contribution >= 4 is 11.8 Å². The molecule has 1 aromatic rings. The Balaban J connectivity index is 1.60. The number of rotatable bonds is 2. The summed E-state index contributed by atoms with van der Waals surface area (Å²) in [6.07, 6.45) is -0.933. The van der Waals surface area contributed by atoms with Gasteiger partial charge < -0.3 is 23.7 Å². The Bertz CT molecular complexity index is 1260. The number of Topliss-reactive ketones (excluding diaryl/α,β-unsaturated/α-hetero) is 1. The van der Waals surface area contributed by atoms with Crippen molar-refractivity contribution in [3.05, 3.63) is 59.2 Å². The van der Waals surface area contributed by atoms with Crippen LogP contribution in [0.1, 0.15) is 79.6 Å². The van der Waals surface area contributed by atoms with Crippen LogP contribution in [-0.4, -0.2) is 47.6 Å². The van der Waals surface area contributed by atoms with E-state index in [-0.39, 0.29) is 30.2 Å². The highest BCUT2D eigenvalue weighted by atomic mass is 16.8. The molecule has 0 amide bonds. The van der Waals surface area contributed by atoms with Crippen LogP contribution in [0.25, 0.3) is 0 Å². The first kappa shape index (κ1) is 26.9. The number of carbonyl (C=O) groups is 2. The minimum Gasteiger partial charge on any atom is -0.458 e. The van der Waals surface area contributed by atoms with Gasteiger partial charge in [0.05, 0.1) is 12.2 Å². The van der Waals surface area contributed by atoms with E-state index in [1.165, 1.54) is 6.92 Å². The molecule has 2 heterocycles. The van der Waals surface area contributed by atoms with Crippen LogP contribution in [0.3, 0.4) is 0 Å². The van der Waals surface area contributed by atoms with Crippen molar-refractivity contribution in [2.45, 2.75) is 110 Å². The highest BCUT2D eigenvalue weighted by Gasteiger charge is 2.73. The zero-order chi connectivity index (χ0) is 28.1. The summed E-state index contributed by atoms with van der Waals surface area (Å²) >= 11 is 0. The van der Waals surface area contributed by atoms with Gasteiger partial charge in [0, 0.05) is 35.7 Å². The third kappa shape index (κ3) is 3.69. The van der Waals surface area contributed by atoms with Crippen molar-refractivity contribution in [3.8, 4) is 0 Å². The molecule has 39 heavy (non-hydrogen) atoms. The predicted molar refractivity (Wildman–Crippen MR) is 143 cm³/mol. The average Bonchev–Trinajstić information content (AvgIpc) is 3.38. The molecule has 1 aromatic carbocycles. The Morgan fingerprint density at radius 2 is 1.72 bits per heavy atom. The summed E-state index contributed by atoms with van der Waals surface area (Å²) in [5.41, 5.74) is 1.22. The van der Waals surface area contributed by atoms with E-state index in [0.717, 1.165) is 22.3 Å². The number of hydrogen-bond donors (Lipinski definition) is 0. The standard InChI is InChI=1S/C32H40O7/c1-17-21(34)16-32-26(36-28(39-32)20-12-10-9-11-13-20)24-18(2)22(35-19(3)33)14-15-31(24,8)27-25(23(17)29(32,4)5)37-30(6,7)38-27/h9-13,22,24-28H,2,14-16H2,1,3-8H3/t22-,24-,25+,26-,27-,28-,31+,32+/m0/s1. The van der Waals surface area contributed by atoms with Gasteiger partial charge in [0.1, 0.15) is 17.8 Å². The Morgan fingerprint density at radius 3 is 2.38 bits per heavy atom. The van der Waals surface area contributed by atoms with Crippen LogP contribution < -0.4 is 0 Å². The predicted octanol–water partition coefficient (Wildman–Crippen LogP) is 5.59. The van der Waals surface area contributed by atoms with E-state index in [1.54, 1.807) is 0 Å². The molecule has 1 spiro atoms. The highest BCUT2D eigenvalue weighted by molar-refractivity contribution is 5.98. The number of allylic oxidation sites excluding steroid dienone is 1. The van der Waals surface area contributed by atoms with E-state index in [2.05, 4.69) is 27.4 Å². The highest BCUT2D eigenvalue weighted by Crippen LogP contribution is 2.67. The summed E-state index contributed by atoms with van der Waals surface area (Å²) in [7, 11) is 0. The number of carbonyl (C=O) groups excluding carboxylic acids is 2. The minimum atomic E-state index is -0.993. The monoisotopic (exact) mass is 536 g/mol. The molecule has 0 aromatic heterocycles. The van der Waals surface area contributed by atoms with Crippen LogP contribution in [-0.2, 0) is 33.3 Å². The molecule has 0 unspecified atom stereocenters. The zero-order valence-corrected chi connectivity index (χ0v) is 24.0. The molecule has 8 atom stereocenters. The summed E-state index contributed by atoms with van der Waals surface area (Å²) in [5, 5.41) is 0. The molecule has 3 aliphatic carbocycles. The van der Waals surface area contributed by atoms with Crippen molar-refractivity contribution in [2.24, 2.45) is 16.7 Å². The van der Waals surface area contributed by atoms with Crippen LogP contribution in [0.4, 0.5) is 0 Å². The van der Waals surface area contributed by atoms with E-state index in [0.29, 0.717) is 12.8 Å². The summed E-state index contributed by atoms with van der Waals surface area (Å²) in [6, 6.07) is 9.85. The second-order valence-electron chi connectivity index (χ2n) is 13.2. The van der Waals surface area contributed by atoms with Crippen LogP contribution in [0.2, 0.25) is 0 Å². The Labute approximate surface area is 230 Å². The molecule has 7 nitrogen and oxygen atoms in total. The fraction of sp³-hybridized carbons (Fsp3) is 0.625. The Morgan fingerprint density at radius 1 is 1.03 bits per heavy atom. The molecule has 5 aliphatic rings. The lowest BCUT2D eigenvalue weighted by Crippen LogP contribution is -2.68. The van der Waals surface area contributed by atoms with Crippen molar-refractivity contribution < 1.29 is 33.3 Å². The molecule has 0 N–H and O–H groups in total. The fourth-order valence-corrected chi connectivity index (χ4v) is 8.34. The maximum atomic E-state index is 13.8. The maximum Gasteiger partial charge on any atom is 0.303 e. The van der Waals surface area contributed by atoms with Gasteiger partial charge in [-0.05, 0) is 50.3 Å². The fourth-order valence-electron chi connectivity index (χ4n) is 8.34. The number of ether oxygens (including phenoxy) is 5. The molecule has 0 radical (unpaired) electrons. The molecule has 7 heteroatoms. The van der Waals surface area contributed by atoms with Gasteiger partial charge in [0.15, 0.2) is 17.9 Å². The first-order valence-corrected chi connectivity index (χ1v) is 14.1. The average molecular weight is 537 g/mol. The number of benzene rings is 1. The third-order valence-corrected chi connectivity index (χ3v) is 10.2. The van der Waals surface area contributed by atoms with E-state index in [1.807, 2.05) is 51.1 Å². The number of ketones is 1. The Kier molecular flexibility index (Phi) is 5.92. The first-order valence-electron chi connectivity index (χ1n) is 14.1. The van der Waals surface area contributed by atoms with Crippen LogP contribution in [0.5, 0.6) is 0 Å². The van der Waals surface area contributed by atoms with E-state index < -0.39 is 46.8 Å². The largest absolute Gasteiger partial charge is 0.458 e. The topological polar surface area (TPSA) is 80.3 Å². The van der Waals surface area contributed by atoms with Crippen molar-refractivity contribution in [3.63, 3.8) is 0 Å². The Hall–Kier alpha value is -2.32. The second-order valence-corrected chi connectivity index (χ2v) is 13.2. The quantitative estimate of drug-likeness (QED) is 0.360. The van der Waals surface area contributed by atoms with Gasteiger partial charge in [0.25, 0.3) is 0 Å². The van der Waals surface area contributed by atoms with Gasteiger partial charge in [-0.2, -0.15) is 0 Å². The lowest BCUT2D eigenvalue weighted by molar-refractivity contribution is -0.177. The lowest BCUT2D eigenvalue weighted by Gasteiger charge is -2.60. The van der Waals surface area contributed by atoms with Gasteiger partial charge in [-0.3, -0.25) is 9.59 Å². The third-order valence-electron chi connectivity index (χ3n) is 10.2. The molecule has 6 rings (SSSR count). The van der Waals surface area contributed by atoms with Crippen LogP contribution >= 0.6 is 0 Å². The molecule has 2 aliphatic heterocycles. The van der Waals surface area contributed by atoms with Gasteiger partial charge >= 0.3 is 5.97 Å². The molecule has 2 bridgehead atoms. The SMILES string of the molecule is C=C1[C@@H](OC(C)=O)CC[C@@]2(C)[C@H]3OC(C)(C)O[C@@H]3C3=C(C)C(=O)C[C@]4(O[C@@H](c5ccccc5)O[C@H]4[C@H]12)C3(C)C. The zero-order valence-electron chi connectivity index (χ0n) is 24.0. The number of hydrogen-bond acceptors (Lipinski definition) is 7. The molecule has 210 valence electrons. The summed E-state index contributed by atoms with van der Waals surface area (Å²) in [6.45, 7) is 18.2.